The van der Waals surface area contributed by atoms with Gasteiger partial charge < -0.3 is 10.4 Å². The molecule has 3 nitrogen and oxygen atoms in total. The molecule has 1 saturated carbocycles. The van der Waals surface area contributed by atoms with Crippen molar-refractivity contribution in [3.63, 3.8) is 0 Å². The highest BCUT2D eigenvalue weighted by molar-refractivity contribution is 8.00. The molecule has 4 heteroatoms. The summed E-state index contributed by atoms with van der Waals surface area (Å²) < 4.78 is 0. The van der Waals surface area contributed by atoms with Crippen molar-refractivity contribution in [1.82, 2.24) is 5.32 Å². The number of thioether (sulfide) groups is 1. The fourth-order valence-electron chi connectivity index (χ4n) is 4.49. The zero-order chi connectivity index (χ0) is 20.2. The lowest BCUT2D eigenvalue weighted by Gasteiger charge is -2.21. The SMILES string of the molecule is C[C@@H](N[C@H]1CC[C@@H](c2ccc(SCC(=O)O)cc2)C1)c1cccc2ccccc12. The van der Waals surface area contributed by atoms with Crippen LogP contribution in [0, 0.1) is 0 Å². The highest BCUT2D eigenvalue weighted by Crippen LogP contribution is 2.36. The van der Waals surface area contributed by atoms with E-state index < -0.39 is 5.97 Å². The van der Waals surface area contributed by atoms with Gasteiger partial charge in [0.1, 0.15) is 0 Å². The smallest absolute Gasteiger partial charge is 0.313 e. The van der Waals surface area contributed by atoms with Gasteiger partial charge in [0.2, 0.25) is 0 Å². The van der Waals surface area contributed by atoms with Crippen molar-refractivity contribution in [2.24, 2.45) is 0 Å². The number of rotatable bonds is 7. The van der Waals surface area contributed by atoms with Gasteiger partial charge in [-0.05, 0) is 66.1 Å². The Morgan fingerprint density at radius 3 is 2.62 bits per heavy atom. The second kappa shape index (κ2) is 9.02. The topological polar surface area (TPSA) is 49.3 Å². The van der Waals surface area contributed by atoms with Crippen LogP contribution in [-0.4, -0.2) is 22.9 Å². The predicted molar refractivity (Wildman–Crippen MR) is 121 cm³/mol. The summed E-state index contributed by atoms with van der Waals surface area (Å²) in [6, 6.07) is 24.5. The highest BCUT2D eigenvalue weighted by atomic mass is 32.2. The summed E-state index contributed by atoms with van der Waals surface area (Å²) in [5, 5.41) is 15.3. The van der Waals surface area contributed by atoms with Crippen molar-refractivity contribution in [1.29, 1.82) is 0 Å². The van der Waals surface area contributed by atoms with Crippen LogP contribution >= 0.6 is 11.8 Å². The summed E-state index contributed by atoms with van der Waals surface area (Å²) in [5.74, 6) is -0.0873. The van der Waals surface area contributed by atoms with Crippen LogP contribution in [-0.2, 0) is 4.79 Å². The molecule has 1 aliphatic rings. The number of carboxylic acid groups (broad SMARTS) is 1. The van der Waals surface area contributed by atoms with Gasteiger partial charge >= 0.3 is 5.97 Å². The molecule has 1 aliphatic carbocycles. The molecular formula is C25H27NO2S. The maximum atomic E-state index is 10.7. The fourth-order valence-corrected chi connectivity index (χ4v) is 5.11. The van der Waals surface area contributed by atoms with E-state index in [4.69, 9.17) is 5.11 Å². The van der Waals surface area contributed by atoms with E-state index in [1.54, 1.807) is 0 Å². The average molecular weight is 406 g/mol. The van der Waals surface area contributed by atoms with E-state index in [-0.39, 0.29) is 5.75 Å². The molecule has 1 fully saturated rings. The minimum absolute atomic E-state index is 0.112. The minimum Gasteiger partial charge on any atom is -0.481 e. The first-order valence-electron chi connectivity index (χ1n) is 10.3. The number of carbonyl (C=O) groups is 1. The van der Waals surface area contributed by atoms with Crippen LogP contribution in [0.1, 0.15) is 49.3 Å². The number of hydrogen-bond acceptors (Lipinski definition) is 3. The van der Waals surface area contributed by atoms with Crippen LogP contribution in [0.15, 0.2) is 71.6 Å². The number of hydrogen-bond donors (Lipinski definition) is 2. The predicted octanol–water partition coefficient (Wildman–Crippen LogP) is 6.00. The quantitative estimate of drug-likeness (QED) is 0.473. The molecule has 0 heterocycles. The van der Waals surface area contributed by atoms with Crippen molar-refractivity contribution in [2.75, 3.05) is 5.75 Å². The molecule has 29 heavy (non-hydrogen) atoms. The van der Waals surface area contributed by atoms with Crippen LogP contribution in [0.4, 0.5) is 0 Å². The number of benzene rings is 3. The zero-order valence-corrected chi connectivity index (χ0v) is 17.5. The van der Waals surface area contributed by atoms with Gasteiger partial charge in [0, 0.05) is 17.0 Å². The van der Waals surface area contributed by atoms with E-state index >= 15 is 0 Å². The molecule has 0 aromatic heterocycles. The van der Waals surface area contributed by atoms with Gasteiger partial charge in [0.25, 0.3) is 0 Å². The van der Waals surface area contributed by atoms with Crippen molar-refractivity contribution in [3.8, 4) is 0 Å². The third-order valence-electron chi connectivity index (χ3n) is 5.92. The standard InChI is InChI=1S/C25H27NO2S/c1-17(23-8-4-6-19-5-2-3-7-24(19)23)26-21-12-9-20(15-21)18-10-13-22(14-11-18)29-16-25(27)28/h2-8,10-11,13-14,17,20-21,26H,9,12,15-16H2,1H3,(H,27,28)/t17-,20-,21+/m1/s1. The lowest BCUT2D eigenvalue weighted by atomic mass is 9.97. The molecule has 0 aliphatic heterocycles. The Kier molecular flexibility index (Phi) is 6.22. The van der Waals surface area contributed by atoms with Crippen molar-refractivity contribution in [2.45, 2.75) is 49.1 Å². The Morgan fingerprint density at radius 1 is 1.07 bits per heavy atom. The van der Waals surface area contributed by atoms with E-state index in [1.165, 1.54) is 46.5 Å². The summed E-state index contributed by atoms with van der Waals surface area (Å²) in [7, 11) is 0. The van der Waals surface area contributed by atoms with Crippen LogP contribution < -0.4 is 5.32 Å². The maximum absolute atomic E-state index is 10.7. The molecular weight excluding hydrogens is 378 g/mol. The van der Waals surface area contributed by atoms with Gasteiger partial charge in [-0.15, -0.1) is 11.8 Å². The monoisotopic (exact) mass is 405 g/mol. The molecule has 4 rings (SSSR count). The maximum Gasteiger partial charge on any atom is 0.313 e. The third kappa shape index (κ3) is 4.82. The molecule has 0 saturated heterocycles. The van der Waals surface area contributed by atoms with E-state index in [2.05, 4.69) is 79.0 Å². The molecule has 3 aromatic carbocycles. The third-order valence-corrected chi connectivity index (χ3v) is 6.92. The summed E-state index contributed by atoms with van der Waals surface area (Å²) in [4.78, 5) is 11.7. The van der Waals surface area contributed by atoms with Crippen molar-refractivity contribution in [3.05, 3.63) is 77.9 Å². The molecule has 0 unspecified atom stereocenters. The second-order valence-corrected chi connectivity index (χ2v) is 8.96. The highest BCUT2D eigenvalue weighted by Gasteiger charge is 2.27. The lowest BCUT2D eigenvalue weighted by molar-refractivity contribution is -0.133. The van der Waals surface area contributed by atoms with Gasteiger partial charge in [0.15, 0.2) is 0 Å². The molecule has 0 amide bonds. The van der Waals surface area contributed by atoms with E-state index in [1.807, 2.05) is 0 Å². The molecule has 0 spiro atoms. The number of carboxylic acids is 1. The zero-order valence-electron chi connectivity index (χ0n) is 16.7. The second-order valence-electron chi connectivity index (χ2n) is 7.92. The molecule has 0 radical (unpaired) electrons. The summed E-state index contributed by atoms with van der Waals surface area (Å²) in [6.45, 7) is 2.27. The van der Waals surface area contributed by atoms with Gasteiger partial charge in [-0.3, -0.25) is 4.79 Å². The first-order valence-corrected chi connectivity index (χ1v) is 11.3. The van der Waals surface area contributed by atoms with Gasteiger partial charge in [-0.25, -0.2) is 0 Å². The fraction of sp³-hybridized carbons (Fsp3) is 0.320. The first-order chi connectivity index (χ1) is 14.1. The number of fused-ring (bicyclic) bond motifs is 1. The summed E-state index contributed by atoms with van der Waals surface area (Å²) in [6.07, 6.45) is 3.54. The molecule has 3 atom stereocenters. The van der Waals surface area contributed by atoms with E-state index in [0.717, 1.165) is 11.3 Å². The molecule has 150 valence electrons. The van der Waals surface area contributed by atoms with Crippen LogP contribution in [0.3, 0.4) is 0 Å². The van der Waals surface area contributed by atoms with Gasteiger partial charge in [-0.2, -0.15) is 0 Å². The minimum atomic E-state index is -0.774. The van der Waals surface area contributed by atoms with Crippen molar-refractivity contribution >= 4 is 28.5 Å². The van der Waals surface area contributed by atoms with Crippen LogP contribution in [0.5, 0.6) is 0 Å². The number of nitrogens with one attached hydrogen (secondary N) is 1. The van der Waals surface area contributed by atoms with Crippen LogP contribution in [0.25, 0.3) is 10.8 Å². The molecule has 3 aromatic rings. The molecule has 0 bridgehead atoms. The number of aliphatic carboxylic acids is 1. The lowest BCUT2D eigenvalue weighted by Crippen LogP contribution is -2.29. The van der Waals surface area contributed by atoms with Crippen molar-refractivity contribution < 1.29 is 9.90 Å². The average Bonchev–Trinajstić information content (AvgIpc) is 3.20. The Labute approximate surface area is 176 Å². The Bertz CT molecular complexity index is 980. The van der Waals surface area contributed by atoms with E-state index in [0.29, 0.717) is 18.0 Å². The molecule has 2 N–H and O–H groups in total. The van der Waals surface area contributed by atoms with Crippen LogP contribution in [0.2, 0.25) is 0 Å². The van der Waals surface area contributed by atoms with E-state index in [9.17, 15) is 4.79 Å². The Hall–Kier alpha value is -2.30. The Balaban J connectivity index is 1.38. The normalized spacial score (nSPS) is 20.0. The Morgan fingerprint density at radius 2 is 1.83 bits per heavy atom. The summed E-state index contributed by atoms with van der Waals surface area (Å²) in [5.41, 5.74) is 2.73. The first kappa shape index (κ1) is 20.0. The van der Waals surface area contributed by atoms with Gasteiger partial charge in [0.05, 0.1) is 5.75 Å². The summed E-state index contributed by atoms with van der Waals surface area (Å²) >= 11 is 1.38. The largest absolute Gasteiger partial charge is 0.481 e. The van der Waals surface area contributed by atoms with Gasteiger partial charge in [-0.1, -0.05) is 54.6 Å².